The first-order valence-corrected chi connectivity index (χ1v) is 7.99. The van der Waals surface area contributed by atoms with E-state index >= 15 is 0 Å². The van der Waals surface area contributed by atoms with Gasteiger partial charge in [-0.05, 0) is 24.5 Å². The van der Waals surface area contributed by atoms with Gasteiger partial charge in [-0.15, -0.1) is 6.58 Å². The first kappa shape index (κ1) is 17.1. The number of aromatic nitrogens is 1. The minimum absolute atomic E-state index is 0.0110. The molecule has 124 valence electrons. The van der Waals surface area contributed by atoms with Crippen molar-refractivity contribution in [3.63, 3.8) is 0 Å². The lowest BCUT2D eigenvalue weighted by atomic mass is 10.1. The van der Waals surface area contributed by atoms with Crippen molar-refractivity contribution < 1.29 is 9.59 Å². The Labute approximate surface area is 137 Å². The molecule has 1 aliphatic rings. The average molecular weight is 316 g/mol. The molecule has 0 radical (unpaired) electrons. The number of unbranched alkanes of at least 4 members (excludes halogenated alkanes) is 1. The van der Waals surface area contributed by atoms with E-state index in [0.29, 0.717) is 13.1 Å². The molecule has 0 saturated carbocycles. The van der Waals surface area contributed by atoms with Crippen LogP contribution in [0.15, 0.2) is 37.2 Å². The Bertz CT molecular complexity index is 533. The SMILES string of the molecule is C=CCCCN1CCNC(CC(=O)NCc2cccnc2)C1=O. The number of rotatable bonds is 8. The molecule has 2 N–H and O–H groups in total. The van der Waals surface area contributed by atoms with Crippen LogP contribution in [0.1, 0.15) is 24.8 Å². The lowest BCUT2D eigenvalue weighted by Gasteiger charge is -2.33. The summed E-state index contributed by atoms with van der Waals surface area (Å²) in [6.07, 6.45) is 7.23. The zero-order valence-corrected chi connectivity index (χ0v) is 13.3. The predicted molar refractivity (Wildman–Crippen MR) is 88.5 cm³/mol. The standard InChI is InChI=1S/C17H24N4O2/c1-2-3-4-9-21-10-8-19-15(17(21)23)11-16(22)20-13-14-6-5-7-18-12-14/h2,5-7,12,15,19H,1,3-4,8-11,13H2,(H,20,22). The van der Waals surface area contributed by atoms with E-state index in [-0.39, 0.29) is 18.2 Å². The maximum atomic E-state index is 12.4. The highest BCUT2D eigenvalue weighted by molar-refractivity contribution is 5.88. The first-order chi connectivity index (χ1) is 11.2. The van der Waals surface area contributed by atoms with E-state index in [2.05, 4.69) is 22.2 Å². The fourth-order valence-electron chi connectivity index (χ4n) is 2.56. The van der Waals surface area contributed by atoms with E-state index in [1.54, 1.807) is 12.4 Å². The van der Waals surface area contributed by atoms with Crippen molar-refractivity contribution >= 4 is 11.8 Å². The number of amides is 2. The van der Waals surface area contributed by atoms with Crippen molar-refractivity contribution in [3.05, 3.63) is 42.7 Å². The number of pyridine rings is 1. The van der Waals surface area contributed by atoms with Gasteiger partial charge in [-0.1, -0.05) is 12.1 Å². The summed E-state index contributed by atoms with van der Waals surface area (Å²) in [6, 6.07) is 3.30. The van der Waals surface area contributed by atoms with E-state index in [1.165, 1.54) is 0 Å². The Balaban J connectivity index is 1.77. The maximum absolute atomic E-state index is 12.4. The third-order valence-electron chi connectivity index (χ3n) is 3.82. The van der Waals surface area contributed by atoms with Crippen LogP contribution in [0.25, 0.3) is 0 Å². The minimum Gasteiger partial charge on any atom is -0.352 e. The van der Waals surface area contributed by atoms with Crippen LogP contribution >= 0.6 is 0 Å². The average Bonchev–Trinajstić information content (AvgIpc) is 2.57. The number of nitrogens with zero attached hydrogens (tertiary/aromatic N) is 2. The summed E-state index contributed by atoms with van der Waals surface area (Å²) in [6.45, 7) is 6.26. The first-order valence-electron chi connectivity index (χ1n) is 7.99. The van der Waals surface area contributed by atoms with Crippen molar-refractivity contribution in [3.8, 4) is 0 Å². The van der Waals surface area contributed by atoms with Gasteiger partial charge < -0.3 is 15.5 Å². The number of allylic oxidation sites excluding steroid dienone is 1. The lowest BCUT2D eigenvalue weighted by Crippen LogP contribution is -2.56. The van der Waals surface area contributed by atoms with Gasteiger partial charge >= 0.3 is 0 Å². The van der Waals surface area contributed by atoms with Gasteiger partial charge in [-0.2, -0.15) is 0 Å². The van der Waals surface area contributed by atoms with E-state index < -0.39 is 6.04 Å². The highest BCUT2D eigenvalue weighted by Gasteiger charge is 2.29. The highest BCUT2D eigenvalue weighted by Crippen LogP contribution is 2.07. The molecule has 0 aromatic carbocycles. The van der Waals surface area contributed by atoms with Crippen molar-refractivity contribution in [1.29, 1.82) is 0 Å². The van der Waals surface area contributed by atoms with Gasteiger partial charge in [0.1, 0.15) is 0 Å². The quantitative estimate of drug-likeness (QED) is 0.551. The maximum Gasteiger partial charge on any atom is 0.240 e. The normalized spacial score (nSPS) is 17.8. The van der Waals surface area contributed by atoms with Gasteiger partial charge in [0.25, 0.3) is 0 Å². The molecule has 6 heteroatoms. The number of carbonyl (C=O) groups is 2. The molecular weight excluding hydrogens is 292 g/mol. The number of carbonyl (C=O) groups excluding carboxylic acids is 2. The molecule has 1 saturated heterocycles. The second-order valence-corrected chi connectivity index (χ2v) is 5.61. The van der Waals surface area contributed by atoms with E-state index in [4.69, 9.17) is 0 Å². The summed E-state index contributed by atoms with van der Waals surface area (Å²) in [5, 5.41) is 5.96. The largest absolute Gasteiger partial charge is 0.352 e. The summed E-state index contributed by atoms with van der Waals surface area (Å²) in [5.41, 5.74) is 0.940. The second-order valence-electron chi connectivity index (χ2n) is 5.61. The topological polar surface area (TPSA) is 74.3 Å². The molecule has 0 spiro atoms. The van der Waals surface area contributed by atoms with Crippen molar-refractivity contribution in [1.82, 2.24) is 20.5 Å². The van der Waals surface area contributed by atoms with Crippen LogP contribution < -0.4 is 10.6 Å². The van der Waals surface area contributed by atoms with Gasteiger partial charge in [-0.3, -0.25) is 14.6 Å². The van der Waals surface area contributed by atoms with Crippen LogP contribution in [-0.2, 0) is 16.1 Å². The Hall–Kier alpha value is -2.21. The molecule has 2 heterocycles. The summed E-state index contributed by atoms with van der Waals surface area (Å²) in [4.78, 5) is 30.3. The molecule has 1 unspecified atom stereocenters. The number of piperazine rings is 1. The fourth-order valence-corrected chi connectivity index (χ4v) is 2.56. The molecule has 1 atom stereocenters. The second kappa shape index (κ2) is 9.05. The summed E-state index contributed by atoms with van der Waals surface area (Å²) < 4.78 is 0. The molecule has 1 aromatic heterocycles. The Morgan fingerprint density at radius 1 is 1.57 bits per heavy atom. The predicted octanol–water partition coefficient (Wildman–Crippen LogP) is 0.854. The van der Waals surface area contributed by atoms with E-state index in [9.17, 15) is 9.59 Å². The molecule has 2 rings (SSSR count). The van der Waals surface area contributed by atoms with Crippen LogP contribution in [-0.4, -0.2) is 47.4 Å². The molecule has 1 aliphatic heterocycles. The molecule has 1 aromatic rings. The lowest BCUT2D eigenvalue weighted by molar-refractivity contribution is -0.138. The Morgan fingerprint density at radius 2 is 2.43 bits per heavy atom. The summed E-state index contributed by atoms with van der Waals surface area (Å²) >= 11 is 0. The molecular formula is C17H24N4O2. The van der Waals surface area contributed by atoms with Gasteiger partial charge in [0.15, 0.2) is 0 Å². The molecule has 6 nitrogen and oxygen atoms in total. The Morgan fingerprint density at radius 3 is 3.17 bits per heavy atom. The molecule has 1 fully saturated rings. The molecule has 2 amide bonds. The highest BCUT2D eigenvalue weighted by atomic mass is 16.2. The van der Waals surface area contributed by atoms with Gasteiger partial charge in [-0.25, -0.2) is 0 Å². The van der Waals surface area contributed by atoms with Gasteiger partial charge in [0.2, 0.25) is 11.8 Å². The molecule has 0 aliphatic carbocycles. The van der Waals surface area contributed by atoms with Gasteiger partial charge in [0, 0.05) is 38.6 Å². The van der Waals surface area contributed by atoms with Crippen LogP contribution in [0.4, 0.5) is 0 Å². The zero-order chi connectivity index (χ0) is 16.5. The summed E-state index contributed by atoms with van der Waals surface area (Å²) in [5.74, 6) is -0.121. The molecule has 0 bridgehead atoms. The van der Waals surface area contributed by atoms with Gasteiger partial charge in [0.05, 0.1) is 12.5 Å². The van der Waals surface area contributed by atoms with Crippen molar-refractivity contribution in [2.24, 2.45) is 0 Å². The van der Waals surface area contributed by atoms with E-state index in [0.717, 1.165) is 31.5 Å². The van der Waals surface area contributed by atoms with Crippen molar-refractivity contribution in [2.75, 3.05) is 19.6 Å². The number of nitrogens with one attached hydrogen (secondary N) is 2. The van der Waals surface area contributed by atoms with Crippen LogP contribution in [0.5, 0.6) is 0 Å². The van der Waals surface area contributed by atoms with E-state index in [1.807, 2.05) is 23.1 Å². The zero-order valence-electron chi connectivity index (χ0n) is 13.3. The third-order valence-corrected chi connectivity index (χ3v) is 3.82. The Kier molecular flexibility index (Phi) is 6.75. The van der Waals surface area contributed by atoms with Crippen LogP contribution in [0.2, 0.25) is 0 Å². The minimum atomic E-state index is -0.429. The number of hydrogen-bond donors (Lipinski definition) is 2. The fraction of sp³-hybridized carbons (Fsp3) is 0.471. The number of hydrogen-bond acceptors (Lipinski definition) is 4. The monoisotopic (exact) mass is 316 g/mol. The van der Waals surface area contributed by atoms with Crippen molar-refractivity contribution in [2.45, 2.75) is 31.8 Å². The van der Waals surface area contributed by atoms with Crippen LogP contribution in [0.3, 0.4) is 0 Å². The summed E-state index contributed by atoms with van der Waals surface area (Å²) in [7, 11) is 0. The third kappa shape index (κ3) is 5.49. The van der Waals surface area contributed by atoms with Crippen LogP contribution in [0, 0.1) is 0 Å². The molecule has 23 heavy (non-hydrogen) atoms. The smallest absolute Gasteiger partial charge is 0.240 e.